The summed E-state index contributed by atoms with van der Waals surface area (Å²) < 4.78 is 0. The number of carbonyl (C=O) groups excluding carboxylic acids is 2. The molecule has 146 valence electrons. The van der Waals surface area contributed by atoms with E-state index in [0.29, 0.717) is 20.9 Å². The van der Waals surface area contributed by atoms with Gasteiger partial charge in [-0.15, -0.1) is 0 Å². The lowest BCUT2D eigenvalue weighted by atomic mass is 10.3. The minimum absolute atomic E-state index is 0.113. The summed E-state index contributed by atoms with van der Waals surface area (Å²) in [5.41, 5.74) is 7.07. The zero-order valence-electron chi connectivity index (χ0n) is 14.7. The highest BCUT2D eigenvalue weighted by atomic mass is 35.5. The molecule has 0 saturated heterocycles. The number of halogens is 2. The molecule has 0 spiro atoms. The van der Waals surface area contributed by atoms with Crippen LogP contribution in [0.1, 0.15) is 11.4 Å². The third-order valence-corrected chi connectivity index (χ3v) is 5.56. The number of aryl methyl sites for hydroxylation is 2. The van der Waals surface area contributed by atoms with Crippen LogP contribution in [0.5, 0.6) is 0 Å². The molecule has 2 aromatic rings. The van der Waals surface area contributed by atoms with Gasteiger partial charge in [0.2, 0.25) is 5.91 Å². The van der Waals surface area contributed by atoms with Crippen LogP contribution in [-0.4, -0.2) is 39.7 Å². The van der Waals surface area contributed by atoms with E-state index < -0.39 is 6.03 Å². The van der Waals surface area contributed by atoms with Gasteiger partial charge in [-0.1, -0.05) is 35.0 Å². The van der Waals surface area contributed by atoms with Crippen LogP contribution in [0.25, 0.3) is 0 Å². The fraction of sp³-hybridized carbons (Fsp3) is 0.312. The van der Waals surface area contributed by atoms with Crippen LogP contribution in [-0.2, 0) is 11.2 Å². The molecular weight excluding hydrogens is 429 g/mol. The van der Waals surface area contributed by atoms with Crippen LogP contribution < -0.4 is 16.2 Å². The van der Waals surface area contributed by atoms with Crippen molar-refractivity contribution in [1.82, 2.24) is 20.8 Å². The second-order valence-corrected chi connectivity index (χ2v) is 8.17. The lowest BCUT2D eigenvalue weighted by molar-refractivity contribution is -0.119. The number of amides is 3. The maximum Gasteiger partial charge on any atom is 0.337 e. The Balaban J connectivity index is 1.74. The number of benzene rings is 1. The normalized spacial score (nSPS) is 10.5. The van der Waals surface area contributed by atoms with Crippen LogP contribution in [0, 0.1) is 6.92 Å². The maximum absolute atomic E-state index is 11.9. The van der Waals surface area contributed by atoms with E-state index in [-0.39, 0.29) is 11.7 Å². The number of anilines is 1. The topological polar surface area (TPSA) is 98.9 Å². The van der Waals surface area contributed by atoms with Gasteiger partial charge in [-0.3, -0.25) is 10.2 Å². The molecule has 4 N–H and O–H groups in total. The molecule has 1 aromatic carbocycles. The third-order valence-electron chi connectivity index (χ3n) is 3.34. The van der Waals surface area contributed by atoms with Crippen LogP contribution in [0.15, 0.2) is 23.4 Å². The number of carbonyl (C=O) groups is 2. The van der Waals surface area contributed by atoms with Gasteiger partial charge in [-0.05, 0) is 37.1 Å². The lowest BCUT2D eigenvalue weighted by Gasteiger charge is -2.09. The quantitative estimate of drug-likeness (QED) is 0.381. The van der Waals surface area contributed by atoms with Gasteiger partial charge >= 0.3 is 6.03 Å². The number of urea groups is 1. The molecule has 11 heteroatoms. The summed E-state index contributed by atoms with van der Waals surface area (Å²) in [4.78, 5) is 31.3. The Bertz CT molecular complexity index is 816. The SMILES string of the molecule is CSCCc1nc(SCC(=O)NNC(=O)Nc2ccc(Cl)c(Cl)c2)[nH]c1C. The van der Waals surface area contributed by atoms with E-state index in [1.807, 2.05) is 13.2 Å². The zero-order chi connectivity index (χ0) is 19.8. The minimum atomic E-state index is -0.597. The van der Waals surface area contributed by atoms with Crippen molar-refractivity contribution in [3.05, 3.63) is 39.6 Å². The molecule has 1 heterocycles. The van der Waals surface area contributed by atoms with Crippen LogP contribution >= 0.6 is 46.7 Å². The summed E-state index contributed by atoms with van der Waals surface area (Å²) >= 11 is 14.7. The molecule has 3 amide bonds. The Morgan fingerprint density at radius 2 is 2.00 bits per heavy atom. The van der Waals surface area contributed by atoms with Crippen molar-refractivity contribution in [3.63, 3.8) is 0 Å². The number of hydrazine groups is 1. The number of hydrogen-bond acceptors (Lipinski definition) is 5. The van der Waals surface area contributed by atoms with Gasteiger partial charge in [0.1, 0.15) is 0 Å². The minimum Gasteiger partial charge on any atom is -0.337 e. The number of thioether (sulfide) groups is 2. The second-order valence-electron chi connectivity index (χ2n) is 5.40. The van der Waals surface area contributed by atoms with Crippen molar-refractivity contribution < 1.29 is 9.59 Å². The predicted octanol–water partition coefficient (Wildman–Crippen LogP) is 3.88. The van der Waals surface area contributed by atoms with E-state index in [9.17, 15) is 9.59 Å². The number of nitrogens with zero attached hydrogens (tertiary/aromatic N) is 1. The monoisotopic (exact) mass is 447 g/mol. The van der Waals surface area contributed by atoms with Crippen LogP contribution in [0.3, 0.4) is 0 Å². The molecule has 0 aliphatic carbocycles. The van der Waals surface area contributed by atoms with Crippen molar-refractivity contribution in [2.45, 2.75) is 18.5 Å². The summed E-state index contributed by atoms with van der Waals surface area (Å²) in [6.07, 6.45) is 2.93. The average Bonchev–Trinajstić information content (AvgIpc) is 2.99. The molecule has 0 radical (unpaired) electrons. The maximum atomic E-state index is 11.9. The molecule has 2 rings (SSSR count). The van der Waals surface area contributed by atoms with Gasteiger partial charge in [0, 0.05) is 17.8 Å². The number of nitrogens with one attached hydrogen (secondary N) is 4. The van der Waals surface area contributed by atoms with Crippen molar-refractivity contribution in [2.24, 2.45) is 0 Å². The summed E-state index contributed by atoms with van der Waals surface area (Å²) in [7, 11) is 0. The first-order chi connectivity index (χ1) is 12.9. The Hall–Kier alpha value is -1.55. The molecule has 27 heavy (non-hydrogen) atoms. The highest BCUT2D eigenvalue weighted by Gasteiger charge is 2.10. The standard InChI is InChI=1S/C16H19Cl2N5O2S2/c1-9-13(5-6-26-2)21-16(19-9)27-8-14(24)22-23-15(25)20-10-3-4-11(17)12(18)7-10/h3-4,7H,5-6,8H2,1-2H3,(H,19,21)(H,22,24)(H2,20,23,25). The van der Waals surface area contributed by atoms with E-state index in [1.165, 1.54) is 17.8 Å². The third kappa shape index (κ3) is 7.17. The van der Waals surface area contributed by atoms with E-state index in [4.69, 9.17) is 23.2 Å². The van der Waals surface area contributed by atoms with Crippen molar-refractivity contribution >= 4 is 64.4 Å². The molecule has 0 saturated carbocycles. The molecule has 0 aliphatic rings. The molecule has 0 atom stereocenters. The van der Waals surface area contributed by atoms with Gasteiger partial charge < -0.3 is 10.3 Å². The highest BCUT2D eigenvalue weighted by molar-refractivity contribution is 7.99. The van der Waals surface area contributed by atoms with E-state index >= 15 is 0 Å². The largest absolute Gasteiger partial charge is 0.337 e. The first-order valence-corrected chi connectivity index (χ1v) is 11.0. The van der Waals surface area contributed by atoms with Gasteiger partial charge in [0.05, 0.1) is 21.5 Å². The van der Waals surface area contributed by atoms with E-state index in [1.54, 1.807) is 23.9 Å². The summed E-state index contributed by atoms with van der Waals surface area (Å²) in [6, 6.07) is 4.07. The molecule has 0 fully saturated rings. The zero-order valence-corrected chi connectivity index (χ0v) is 17.8. The first-order valence-electron chi connectivity index (χ1n) is 7.87. The van der Waals surface area contributed by atoms with Crippen molar-refractivity contribution in [2.75, 3.05) is 23.1 Å². The first kappa shape index (κ1) is 21.7. The number of rotatable bonds is 7. The highest BCUT2D eigenvalue weighted by Crippen LogP contribution is 2.24. The van der Waals surface area contributed by atoms with E-state index in [2.05, 4.69) is 26.1 Å². The molecule has 0 bridgehead atoms. The van der Waals surface area contributed by atoms with Gasteiger partial charge in [0.15, 0.2) is 5.16 Å². The number of aromatic amines is 1. The van der Waals surface area contributed by atoms with Crippen LogP contribution in [0.2, 0.25) is 10.0 Å². The molecular formula is C16H19Cl2N5O2S2. The lowest BCUT2D eigenvalue weighted by Crippen LogP contribution is -2.44. The summed E-state index contributed by atoms with van der Waals surface area (Å²) in [6.45, 7) is 1.96. The number of H-pyrrole nitrogens is 1. The van der Waals surface area contributed by atoms with E-state index in [0.717, 1.165) is 23.6 Å². The van der Waals surface area contributed by atoms with Gasteiger partial charge in [0.25, 0.3) is 0 Å². The average molecular weight is 448 g/mol. The number of imidazole rings is 1. The Labute approximate surface area is 175 Å². The Kier molecular flexibility index (Phi) is 8.62. The smallest absolute Gasteiger partial charge is 0.337 e. The second kappa shape index (κ2) is 10.7. The predicted molar refractivity (Wildman–Crippen MR) is 113 cm³/mol. The summed E-state index contributed by atoms with van der Waals surface area (Å²) in [5.74, 6) is 0.750. The van der Waals surface area contributed by atoms with Crippen molar-refractivity contribution in [1.29, 1.82) is 0 Å². The number of hydrogen-bond donors (Lipinski definition) is 4. The fourth-order valence-electron chi connectivity index (χ4n) is 2.01. The van der Waals surface area contributed by atoms with Gasteiger partial charge in [-0.2, -0.15) is 11.8 Å². The fourth-order valence-corrected chi connectivity index (χ4v) is 3.45. The Morgan fingerprint density at radius 3 is 2.70 bits per heavy atom. The molecule has 0 unspecified atom stereocenters. The van der Waals surface area contributed by atoms with Crippen molar-refractivity contribution in [3.8, 4) is 0 Å². The Morgan fingerprint density at radius 1 is 1.22 bits per heavy atom. The molecule has 1 aromatic heterocycles. The van der Waals surface area contributed by atoms with Crippen LogP contribution in [0.4, 0.5) is 10.5 Å². The number of aromatic nitrogens is 2. The van der Waals surface area contributed by atoms with Gasteiger partial charge in [-0.25, -0.2) is 15.2 Å². The summed E-state index contributed by atoms with van der Waals surface area (Å²) in [5, 5.41) is 3.92. The molecule has 0 aliphatic heterocycles. The molecule has 7 nitrogen and oxygen atoms in total.